The van der Waals surface area contributed by atoms with Gasteiger partial charge >= 0.3 is 0 Å². The second kappa shape index (κ2) is 7.18. The molecule has 1 unspecified atom stereocenters. The lowest BCUT2D eigenvalue weighted by atomic mass is 10.0. The number of aromatic nitrogens is 1. The zero-order valence-electron chi connectivity index (χ0n) is 17.0. The van der Waals surface area contributed by atoms with Gasteiger partial charge in [-0.3, -0.25) is 14.5 Å². The maximum atomic E-state index is 13.1. The van der Waals surface area contributed by atoms with Crippen molar-refractivity contribution in [1.29, 1.82) is 0 Å². The average Bonchev–Trinajstić information content (AvgIpc) is 3.29. The van der Waals surface area contributed by atoms with Crippen LogP contribution in [0, 0.1) is 0 Å². The minimum atomic E-state index is -0.436. The molecule has 1 fully saturated rings. The average molecular weight is 405 g/mol. The zero-order chi connectivity index (χ0) is 20.8. The molecule has 2 aliphatic rings. The summed E-state index contributed by atoms with van der Waals surface area (Å²) in [4.78, 5) is 32.7. The van der Waals surface area contributed by atoms with E-state index in [1.807, 2.05) is 12.1 Å². The summed E-state index contributed by atoms with van der Waals surface area (Å²) in [7, 11) is 3.25. The van der Waals surface area contributed by atoms with Crippen LogP contribution in [0.2, 0.25) is 0 Å². The fourth-order valence-electron chi connectivity index (χ4n) is 4.54. The Hall–Kier alpha value is -3.32. The van der Waals surface area contributed by atoms with Gasteiger partial charge in [0.05, 0.1) is 32.4 Å². The Bertz CT molecular complexity index is 1140. The largest absolute Gasteiger partial charge is 0.497 e. The summed E-state index contributed by atoms with van der Waals surface area (Å²) in [6.07, 6.45) is 1.03. The Labute approximate surface area is 174 Å². The highest BCUT2D eigenvalue weighted by Crippen LogP contribution is 2.33. The fraction of sp³-hybridized carbons (Fsp3) is 0.304. The van der Waals surface area contributed by atoms with E-state index >= 15 is 0 Å². The van der Waals surface area contributed by atoms with Crippen LogP contribution in [0.4, 0.5) is 5.69 Å². The number of nitrogens with zero attached hydrogens (tertiary/aromatic N) is 2. The minimum Gasteiger partial charge on any atom is -0.497 e. The summed E-state index contributed by atoms with van der Waals surface area (Å²) in [5.74, 6) is 1.19. The van der Waals surface area contributed by atoms with Crippen LogP contribution >= 0.6 is 0 Å². The molecule has 0 aliphatic carbocycles. The lowest BCUT2D eigenvalue weighted by molar-refractivity contribution is -0.123. The first-order valence-corrected chi connectivity index (χ1v) is 10.0. The van der Waals surface area contributed by atoms with E-state index < -0.39 is 6.04 Å². The number of anilines is 1. The second-order valence-electron chi connectivity index (χ2n) is 7.70. The van der Waals surface area contributed by atoms with Crippen LogP contribution in [0.15, 0.2) is 42.5 Å². The van der Waals surface area contributed by atoms with Crippen LogP contribution in [-0.4, -0.2) is 48.5 Å². The maximum Gasteiger partial charge on any atom is 0.251 e. The summed E-state index contributed by atoms with van der Waals surface area (Å²) in [6, 6.07) is 12.6. The summed E-state index contributed by atoms with van der Waals surface area (Å²) in [5.41, 5.74) is 4.02. The number of rotatable bonds is 4. The van der Waals surface area contributed by atoms with Gasteiger partial charge in [0, 0.05) is 29.7 Å². The maximum absolute atomic E-state index is 13.1. The summed E-state index contributed by atoms with van der Waals surface area (Å²) in [5, 5.41) is 1.16. The molecule has 1 atom stereocenters. The number of ether oxygens (including phenoxy) is 2. The molecule has 0 radical (unpaired) electrons. The first-order chi connectivity index (χ1) is 14.6. The predicted molar refractivity (Wildman–Crippen MR) is 113 cm³/mol. The van der Waals surface area contributed by atoms with E-state index in [9.17, 15) is 9.59 Å². The van der Waals surface area contributed by atoms with E-state index in [0.717, 1.165) is 35.3 Å². The fourth-order valence-corrected chi connectivity index (χ4v) is 4.54. The number of aromatic amines is 1. The van der Waals surface area contributed by atoms with Crippen molar-refractivity contribution in [1.82, 2.24) is 9.88 Å². The number of H-pyrrole nitrogens is 1. The van der Waals surface area contributed by atoms with Gasteiger partial charge < -0.3 is 14.5 Å². The van der Waals surface area contributed by atoms with E-state index in [0.29, 0.717) is 18.0 Å². The standard InChI is InChI=1S/C23H23N3O4/c1-29-15-5-3-14(4-6-15)26-22(27)12-21(23(26)28)25-10-9-17-18-11-16(30-2)7-8-19(18)24-20(17)13-25/h3-8,11,21,24H,9-10,12-13H2,1-2H3. The number of carbonyl (C=O) groups excluding carboxylic acids is 2. The number of hydrogen-bond donors (Lipinski definition) is 1. The Morgan fingerprint density at radius 3 is 2.47 bits per heavy atom. The summed E-state index contributed by atoms with van der Waals surface area (Å²) >= 11 is 0. The third-order valence-electron chi connectivity index (χ3n) is 6.11. The number of carbonyl (C=O) groups is 2. The Morgan fingerprint density at radius 2 is 1.73 bits per heavy atom. The third-order valence-corrected chi connectivity index (χ3v) is 6.11. The molecule has 7 nitrogen and oxygen atoms in total. The molecule has 0 spiro atoms. The lowest BCUT2D eigenvalue weighted by Gasteiger charge is -2.30. The van der Waals surface area contributed by atoms with Crippen molar-refractivity contribution in [2.75, 3.05) is 25.7 Å². The molecule has 154 valence electrons. The molecule has 3 aromatic rings. The molecule has 30 heavy (non-hydrogen) atoms. The second-order valence-corrected chi connectivity index (χ2v) is 7.70. The van der Waals surface area contributed by atoms with E-state index in [4.69, 9.17) is 9.47 Å². The zero-order valence-corrected chi connectivity index (χ0v) is 17.0. The van der Waals surface area contributed by atoms with Gasteiger partial charge in [0.2, 0.25) is 5.91 Å². The molecule has 5 rings (SSSR count). The Morgan fingerprint density at radius 1 is 1.00 bits per heavy atom. The van der Waals surface area contributed by atoms with Gasteiger partial charge in [-0.1, -0.05) is 0 Å². The van der Waals surface area contributed by atoms with E-state index in [-0.39, 0.29) is 18.2 Å². The molecule has 0 saturated carbocycles. The summed E-state index contributed by atoms with van der Waals surface area (Å²) < 4.78 is 10.5. The smallest absolute Gasteiger partial charge is 0.251 e. The molecule has 1 aromatic heterocycles. The number of amides is 2. The van der Waals surface area contributed by atoms with Gasteiger partial charge in [0.1, 0.15) is 11.5 Å². The van der Waals surface area contributed by atoms with Crippen molar-refractivity contribution in [3.8, 4) is 11.5 Å². The SMILES string of the molecule is COc1ccc(N2C(=O)CC(N3CCc4c([nH]c5ccc(OC)cc45)C3)C2=O)cc1. The van der Waals surface area contributed by atoms with Gasteiger partial charge in [-0.15, -0.1) is 0 Å². The molecule has 3 heterocycles. The Balaban J connectivity index is 1.39. The van der Waals surface area contributed by atoms with Crippen molar-refractivity contribution in [2.45, 2.75) is 25.4 Å². The van der Waals surface area contributed by atoms with E-state index in [1.165, 1.54) is 10.5 Å². The number of benzene rings is 2. The molecule has 2 aromatic carbocycles. The molecule has 2 aliphatic heterocycles. The topological polar surface area (TPSA) is 74.9 Å². The molecule has 7 heteroatoms. The van der Waals surface area contributed by atoms with Crippen molar-refractivity contribution >= 4 is 28.4 Å². The predicted octanol–water partition coefficient (Wildman–Crippen LogP) is 2.88. The molecule has 2 amide bonds. The van der Waals surface area contributed by atoms with Crippen molar-refractivity contribution < 1.29 is 19.1 Å². The van der Waals surface area contributed by atoms with Gasteiger partial charge in [-0.2, -0.15) is 0 Å². The van der Waals surface area contributed by atoms with Crippen LogP contribution < -0.4 is 14.4 Å². The highest BCUT2D eigenvalue weighted by atomic mass is 16.5. The van der Waals surface area contributed by atoms with Gasteiger partial charge in [0.15, 0.2) is 0 Å². The van der Waals surface area contributed by atoms with Crippen LogP contribution in [0.5, 0.6) is 11.5 Å². The number of hydrogen-bond acceptors (Lipinski definition) is 5. The van der Waals surface area contributed by atoms with Crippen LogP contribution in [0.1, 0.15) is 17.7 Å². The van der Waals surface area contributed by atoms with Crippen molar-refractivity contribution in [2.24, 2.45) is 0 Å². The van der Waals surface area contributed by atoms with Gasteiger partial charge in [-0.25, -0.2) is 4.90 Å². The third kappa shape index (κ3) is 2.93. The van der Waals surface area contributed by atoms with Crippen LogP contribution in [-0.2, 0) is 22.6 Å². The van der Waals surface area contributed by atoms with Gasteiger partial charge in [-0.05, 0) is 54.4 Å². The van der Waals surface area contributed by atoms with Crippen molar-refractivity contribution in [3.05, 3.63) is 53.7 Å². The molecule has 1 saturated heterocycles. The quantitative estimate of drug-likeness (QED) is 0.676. The normalized spacial score (nSPS) is 19.4. The lowest BCUT2D eigenvalue weighted by Crippen LogP contribution is -2.44. The first-order valence-electron chi connectivity index (χ1n) is 10.0. The van der Waals surface area contributed by atoms with E-state index in [2.05, 4.69) is 16.0 Å². The summed E-state index contributed by atoms with van der Waals surface area (Å²) in [6.45, 7) is 1.35. The highest BCUT2D eigenvalue weighted by Gasteiger charge is 2.43. The highest BCUT2D eigenvalue weighted by molar-refractivity contribution is 6.22. The monoisotopic (exact) mass is 405 g/mol. The van der Waals surface area contributed by atoms with Gasteiger partial charge in [0.25, 0.3) is 5.91 Å². The first kappa shape index (κ1) is 18.7. The minimum absolute atomic E-state index is 0.161. The number of methoxy groups -OCH3 is 2. The molecular formula is C23H23N3O4. The molecule has 1 N–H and O–H groups in total. The molecular weight excluding hydrogens is 382 g/mol. The Kier molecular flexibility index (Phi) is 4.47. The number of nitrogens with one attached hydrogen (secondary N) is 1. The van der Waals surface area contributed by atoms with Crippen LogP contribution in [0.25, 0.3) is 10.9 Å². The number of fused-ring (bicyclic) bond motifs is 3. The van der Waals surface area contributed by atoms with Crippen molar-refractivity contribution in [3.63, 3.8) is 0 Å². The number of imide groups is 1. The van der Waals surface area contributed by atoms with E-state index in [1.54, 1.807) is 38.5 Å². The van der Waals surface area contributed by atoms with Crippen LogP contribution in [0.3, 0.4) is 0 Å². The molecule has 0 bridgehead atoms.